The van der Waals surface area contributed by atoms with Crippen LogP contribution in [0.15, 0.2) is 12.1 Å². The van der Waals surface area contributed by atoms with Gasteiger partial charge in [0.15, 0.2) is 5.82 Å². The molecule has 1 heterocycles. The molecule has 0 aliphatic heterocycles. The van der Waals surface area contributed by atoms with Gasteiger partial charge in [-0.2, -0.15) is 5.10 Å². The molecule has 0 saturated heterocycles. The topological polar surface area (TPSA) is 29.0 Å². The predicted molar refractivity (Wildman–Crippen MR) is 71.5 cm³/mol. The van der Waals surface area contributed by atoms with E-state index in [9.17, 15) is 0 Å². The van der Waals surface area contributed by atoms with E-state index in [-0.39, 0.29) is 0 Å². The van der Waals surface area contributed by atoms with Crippen LogP contribution in [0.5, 0.6) is 0 Å². The highest BCUT2D eigenvalue weighted by atomic mass is 35.5. The fourth-order valence-electron chi connectivity index (χ4n) is 2.58. The van der Waals surface area contributed by atoms with Gasteiger partial charge in [0.25, 0.3) is 0 Å². The molecule has 0 radical (unpaired) electrons. The zero-order valence-electron chi connectivity index (χ0n) is 10.4. The first-order chi connectivity index (χ1) is 8.35. The van der Waals surface area contributed by atoms with Crippen molar-refractivity contribution in [3.05, 3.63) is 17.8 Å². The first-order valence-electron chi connectivity index (χ1n) is 6.50. The molecule has 17 heavy (non-hydrogen) atoms. The molecule has 0 amide bonds. The third-order valence-corrected chi connectivity index (χ3v) is 3.77. The van der Waals surface area contributed by atoms with Gasteiger partial charge in [-0.05, 0) is 31.9 Å². The fraction of sp³-hybridized carbons (Fsp3) is 0.692. The van der Waals surface area contributed by atoms with Gasteiger partial charge in [0.1, 0.15) is 0 Å². The molecule has 3 nitrogen and oxygen atoms in total. The lowest BCUT2D eigenvalue weighted by Crippen LogP contribution is -2.37. The van der Waals surface area contributed by atoms with Gasteiger partial charge in [0.2, 0.25) is 0 Å². The zero-order chi connectivity index (χ0) is 12.1. The number of alkyl halides is 1. The normalized spacial score (nSPS) is 17.1. The summed E-state index contributed by atoms with van der Waals surface area (Å²) >= 11 is 5.73. The Kier molecular flexibility index (Phi) is 4.60. The number of hydrogen-bond acceptors (Lipinski definition) is 3. The largest absolute Gasteiger partial charge is 0.352 e. The van der Waals surface area contributed by atoms with Gasteiger partial charge < -0.3 is 4.90 Å². The summed E-state index contributed by atoms with van der Waals surface area (Å²) in [6, 6.07) is 4.66. The van der Waals surface area contributed by atoms with Crippen LogP contribution in [0.2, 0.25) is 0 Å². The minimum Gasteiger partial charge on any atom is -0.352 e. The Morgan fingerprint density at radius 1 is 1.24 bits per heavy atom. The third-order valence-electron chi connectivity index (χ3n) is 3.49. The molecule has 0 bridgehead atoms. The Morgan fingerprint density at radius 2 is 2.00 bits per heavy atom. The summed E-state index contributed by atoms with van der Waals surface area (Å²) in [6.07, 6.45) is 6.63. The van der Waals surface area contributed by atoms with Crippen LogP contribution in [-0.4, -0.2) is 22.8 Å². The standard InChI is InChI=1S/C13H20ClN3/c1-2-17(12-6-4-3-5-7-12)13-9-8-11(10-14)15-16-13/h8-9,12H,2-7,10H2,1H3. The molecule has 1 fully saturated rings. The fourth-order valence-corrected chi connectivity index (χ4v) is 2.72. The molecule has 1 aliphatic rings. The number of hydrogen-bond donors (Lipinski definition) is 0. The van der Waals surface area contributed by atoms with E-state index in [1.807, 2.05) is 12.1 Å². The van der Waals surface area contributed by atoms with Crippen LogP contribution in [0.3, 0.4) is 0 Å². The molecule has 0 N–H and O–H groups in total. The van der Waals surface area contributed by atoms with Crippen molar-refractivity contribution in [2.45, 2.75) is 50.9 Å². The maximum Gasteiger partial charge on any atom is 0.151 e. The first-order valence-corrected chi connectivity index (χ1v) is 7.03. The Bertz CT molecular complexity index is 333. The molecule has 0 aromatic carbocycles. The van der Waals surface area contributed by atoms with E-state index in [2.05, 4.69) is 22.0 Å². The second kappa shape index (κ2) is 6.20. The monoisotopic (exact) mass is 253 g/mol. The highest BCUT2D eigenvalue weighted by molar-refractivity contribution is 6.16. The lowest BCUT2D eigenvalue weighted by molar-refractivity contribution is 0.415. The van der Waals surface area contributed by atoms with Crippen LogP contribution in [0.1, 0.15) is 44.7 Å². The molecule has 1 aromatic rings. The highest BCUT2D eigenvalue weighted by Crippen LogP contribution is 2.25. The summed E-state index contributed by atoms with van der Waals surface area (Å²) in [5.74, 6) is 1.43. The number of rotatable bonds is 4. The quantitative estimate of drug-likeness (QED) is 0.771. The molecular formula is C13H20ClN3. The Balaban J connectivity index is 2.10. The van der Waals surface area contributed by atoms with Gasteiger partial charge in [-0.3, -0.25) is 0 Å². The van der Waals surface area contributed by atoms with E-state index in [1.54, 1.807) is 0 Å². The molecule has 0 atom stereocenters. The van der Waals surface area contributed by atoms with Crippen molar-refractivity contribution in [1.29, 1.82) is 0 Å². The van der Waals surface area contributed by atoms with Crippen LogP contribution < -0.4 is 4.90 Å². The average Bonchev–Trinajstić information content (AvgIpc) is 2.42. The summed E-state index contributed by atoms with van der Waals surface area (Å²) in [5, 5.41) is 8.42. The third kappa shape index (κ3) is 3.09. The number of anilines is 1. The minimum atomic E-state index is 0.433. The molecule has 1 aromatic heterocycles. The number of halogens is 1. The Morgan fingerprint density at radius 3 is 2.53 bits per heavy atom. The van der Waals surface area contributed by atoms with E-state index in [4.69, 9.17) is 11.6 Å². The summed E-state index contributed by atoms with van der Waals surface area (Å²) in [7, 11) is 0. The first kappa shape index (κ1) is 12.6. The maximum absolute atomic E-state index is 5.73. The molecule has 0 unspecified atom stereocenters. The zero-order valence-corrected chi connectivity index (χ0v) is 11.2. The second-order valence-corrected chi connectivity index (χ2v) is 4.86. The molecule has 0 spiro atoms. The van der Waals surface area contributed by atoms with Crippen molar-refractivity contribution in [3.63, 3.8) is 0 Å². The van der Waals surface area contributed by atoms with Crippen molar-refractivity contribution in [3.8, 4) is 0 Å². The van der Waals surface area contributed by atoms with Crippen molar-refractivity contribution in [1.82, 2.24) is 10.2 Å². The van der Waals surface area contributed by atoms with Gasteiger partial charge >= 0.3 is 0 Å². The number of nitrogens with zero attached hydrogens (tertiary/aromatic N) is 3. The Labute approximate surface area is 108 Å². The minimum absolute atomic E-state index is 0.433. The lowest BCUT2D eigenvalue weighted by atomic mass is 9.94. The maximum atomic E-state index is 5.73. The molecule has 4 heteroatoms. The number of aromatic nitrogens is 2. The lowest BCUT2D eigenvalue weighted by Gasteiger charge is -2.34. The van der Waals surface area contributed by atoms with Crippen molar-refractivity contribution in [2.24, 2.45) is 0 Å². The van der Waals surface area contributed by atoms with E-state index in [0.29, 0.717) is 11.9 Å². The van der Waals surface area contributed by atoms with Crippen molar-refractivity contribution in [2.75, 3.05) is 11.4 Å². The van der Waals surface area contributed by atoms with Gasteiger partial charge in [-0.1, -0.05) is 19.3 Å². The average molecular weight is 254 g/mol. The van der Waals surface area contributed by atoms with Crippen LogP contribution in [0, 0.1) is 0 Å². The van der Waals surface area contributed by atoms with E-state index in [0.717, 1.165) is 18.1 Å². The second-order valence-electron chi connectivity index (χ2n) is 4.59. The summed E-state index contributed by atoms with van der Waals surface area (Å²) in [6.45, 7) is 3.19. The Hall–Kier alpha value is -0.830. The molecule has 1 saturated carbocycles. The van der Waals surface area contributed by atoms with E-state index >= 15 is 0 Å². The molecular weight excluding hydrogens is 234 g/mol. The molecule has 94 valence electrons. The van der Waals surface area contributed by atoms with Crippen molar-refractivity contribution >= 4 is 17.4 Å². The van der Waals surface area contributed by atoms with Crippen LogP contribution >= 0.6 is 11.6 Å². The summed E-state index contributed by atoms with van der Waals surface area (Å²) < 4.78 is 0. The SMILES string of the molecule is CCN(c1ccc(CCl)nn1)C1CCCCC1. The van der Waals surface area contributed by atoms with Gasteiger partial charge in [-0.25, -0.2) is 0 Å². The van der Waals surface area contributed by atoms with Gasteiger partial charge in [0.05, 0.1) is 11.6 Å². The predicted octanol–water partition coefficient (Wildman–Crippen LogP) is 3.37. The van der Waals surface area contributed by atoms with Crippen LogP contribution in [0.25, 0.3) is 0 Å². The van der Waals surface area contributed by atoms with Crippen molar-refractivity contribution < 1.29 is 0 Å². The van der Waals surface area contributed by atoms with Crippen LogP contribution in [0.4, 0.5) is 5.82 Å². The van der Waals surface area contributed by atoms with E-state index in [1.165, 1.54) is 32.1 Å². The summed E-state index contributed by atoms with van der Waals surface area (Å²) in [4.78, 5) is 2.38. The van der Waals surface area contributed by atoms with Gasteiger partial charge in [0, 0.05) is 12.6 Å². The molecule has 1 aliphatic carbocycles. The van der Waals surface area contributed by atoms with E-state index < -0.39 is 0 Å². The highest BCUT2D eigenvalue weighted by Gasteiger charge is 2.21. The smallest absolute Gasteiger partial charge is 0.151 e. The summed E-state index contributed by atoms with van der Waals surface area (Å²) in [5.41, 5.74) is 0.843. The molecule has 2 rings (SSSR count). The van der Waals surface area contributed by atoms with Crippen LogP contribution in [-0.2, 0) is 5.88 Å². The van der Waals surface area contributed by atoms with Gasteiger partial charge in [-0.15, -0.1) is 16.7 Å².